The van der Waals surface area contributed by atoms with Gasteiger partial charge in [0.2, 0.25) is 0 Å². The van der Waals surface area contributed by atoms with Crippen LogP contribution in [0.2, 0.25) is 5.02 Å². The van der Waals surface area contributed by atoms with Gasteiger partial charge >= 0.3 is 5.97 Å². The minimum absolute atomic E-state index is 0.0275. The van der Waals surface area contributed by atoms with Gasteiger partial charge in [0.15, 0.2) is 17.3 Å². The van der Waals surface area contributed by atoms with E-state index in [1.165, 1.54) is 6.20 Å². The Labute approximate surface area is 216 Å². The molecule has 3 saturated carbocycles. The van der Waals surface area contributed by atoms with Crippen LogP contribution in [0, 0.1) is 34.9 Å². The SMILES string of the molecule is N#Cc1c(-c2[nH]nc3ncc(Cl)cc23)nc(NC2C3CCC(CC3)C2C(=O)O)c(F)c1-c1ccccc1. The minimum Gasteiger partial charge on any atom is -0.481 e. The van der Waals surface area contributed by atoms with Crippen LogP contribution in [0.25, 0.3) is 33.5 Å². The number of aliphatic carboxylic acids is 1. The standard InChI is InChI=1S/C27H22ClFN6O2/c28-16-10-17-24(34-35-25(17)31-12-16)23-18(11-30)19(13-4-2-1-3-5-13)21(29)26(33-23)32-22-15-8-6-14(7-9-15)20(22)27(36)37/h1-5,10,12,14-15,20,22H,6-9H2,(H,32,33)(H,36,37)(H,31,34,35). The maximum Gasteiger partial charge on any atom is 0.308 e. The highest BCUT2D eigenvalue weighted by Gasteiger charge is 2.47. The molecule has 2 unspecified atom stereocenters. The van der Waals surface area contributed by atoms with Gasteiger partial charge in [0.25, 0.3) is 0 Å². The molecule has 8 nitrogen and oxygen atoms in total. The molecule has 2 bridgehead atoms. The number of nitriles is 1. The second-order valence-corrected chi connectivity index (χ2v) is 10.1. The third-order valence-electron chi connectivity index (χ3n) is 7.73. The number of benzene rings is 1. The molecule has 0 amide bonds. The summed E-state index contributed by atoms with van der Waals surface area (Å²) in [5, 5.41) is 31.4. The first-order valence-electron chi connectivity index (χ1n) is 12.1. The summed E-state index contributed by atoms with van der Waals surface area (Å²) in [5.41, 5.74) is 1.55. The third kappa shape index (κ3) is 3.89. The zero-order chi connectivity index (χ0) is 25.7. The second-order valence-electron chi connectivity index (χ2n) is 9.68. The average Bonchev–Trinajstić information content (AvgIpc) is 3.33. The lowest BCUT2D eigenvalue weighted by molar-refractivity contribution is -0.148. The predicted octanol–water partition coefficient (Wildman–Crippen LogP) is 5.65. The van der Waals surface area contributed by atoms with Crippen LogP contribution in [-0.4, -0.2) is 37.3 Å². The number of carbonyl (C=O) groups is 1. The number of anilines is 1. The number of hydrogen-bond donors (Lipinski definition) is 3. The van der Waals surface area contributed by atoms with Crippen molar-refractivity contribution in [3.63, 3.8) is 0 Å². The highest BCUT2D eigenvalue weighted by molar-refractivity contribution is 6.31. The number of nitrogens with one attached hydrogen (secondary N) is 2. The average molecular weight is 517 g/mol. The summed E-state index contributed by atoms with van der Waals surface area (Å²) in [4.78, 5) is 21.0. The van der Waals surface area contributed by atoms with Crippen LogP contribution in [-0.2, 0) is 4.79 Å². The fourth-order valence-corrected chi connectivity index (χ4v) is 6.21. The summed E-state index contributed by atoms with van der Waals surface area (Å²) in [6.07, 6.45) is 4.95. The maximum absolute atomic E-state index is 16.2. The Morgan fingerprint density at radius 3 is 2.62 bits per heavy atom. The van der Waals surface area contributed by atoms with Gasteiger partial charge in [0.1, 0.15) is 11.8 Å². The summed E-state index contributed by atoms with van der Waals surface area (Å²) in [7, 11) is 0. The van der Waals surface area contributed by atoms with E-state index in [9.17, 15) is 15.2 Å². The number of aromatic amines is 1. The van der Waals surface area contributed by atoms with Crippen LogP contribution in [0.3, 0.4) is 0 Å². The quantitative estimate of drug-likeness (QED) is 0.312. The Bertz CT molecular complexity index is 1560. The van der Waals surface area contributed by atoms with Gasteiger partial charge in [-0.25, -0.2) is 14.4 Å². The number of hydrogen-bond acceptors (Lipinski definition) is 6. The summed E-state index contributed by atoms with van der Waals surface area (Å²) >= 11 is 6.19. The van der Waals surface area contributed by atoms with Crippen molar-refractivity contribution in [3.8, 4) is 28.6 Å². The van der Waals surface area contributed by atoms with Crippen molar-refractivity contribution in [1.82, 2.24) is 20.2 Å². The van der Waals surface area contributed by atoms with Gasteiger partial charge in [0.05, 0.1) is 22.2 Å². The van der Waals surface area contributed by atoms with E-state index >= 15 is 4.39 Å². The molecular formula is C27H22ClFN6O2. The number of fused-ring (bicyclic) bond motifs is 4. The van der Waals surface area contributed by atoms with Crippen molar-refractivity contribution in [1.29, 1.82) is 5.26 Å². The topological polar surface area (TPSA) is 128 Å². The van der Waals surface area contributed by atoms with E-state index in [1.807, 2.05) is 0 Å². The van der Waals surface area contributed by atoms with Gasteiger partial charge in [-0.2, -0.15) is 10.4 Å². The Kier molecular flexibility index (Phi) is 5.76. The number of carboxylic acid groups (broad SMARTS) is 1. The van der Waals surface area contributed by atoms with Gasteiger partial charge in [-0.15, -0.1) is 0 Å². The second kappa shape index (κ2) is 9.12. The molecule has 0 spiro atoms. The van der Waals surface area contributed by atoms with Crippen LogP contribution in [0.4, 0.5) is 10.2 Å². The van der Waals surface area contributed by atoms with Gasteiger partial charge in [-0.05, 0) is 49.1 Å². The molecule has 3 N–H and O–H groups in total. The lowest BCUT2D eigenvalue weighted by atomic mass is 9.61. The van der Waals surface area contributed by atoms with Crippen LogP contribution >= 0.6 is 11.6 Å². The molecule has 0 aliphatic heterocycles. The largest absolute Gasteiger partial charge is 0.481 e. The zero-order valence-electron chi connectivity index (χ0n) is 19.6. The number of H-pyrrole nitrogens is 1. The first-order chi connectivity index (χ1) is 18.0. The number of carboxylic acids is 1. The number of pyridine rings is 2. The molecule has 0 saturated heterocycles. The molecular weight excluding hydrogens is 495 g/mol. The number of nitrogens with zero attached hydrogens (tertiary/aromatic N) is 4. The molecule has 1 aromatic carbocycles. The van der Waals surface area contributed by atoms with Gasteiger partial charge in [-0.3, -0.25) is 9.89 Å². The fraction of sp³-hybridized carbons (Fsp3) is 0.296. The smallest absolute Gasteiger partial charge is 0.308 e. The Balaban J connectivity index is 1.57. The molecule has 3 aliphatic carbocycles. The van der Waals surface area contributed by atoms with Crippen LogP contribution in [0.5, 0.6) is 0 Å². The van der Waals surface area contributed by atoms with E-state index in [1.54, 1.807) is 36.4 Å². The first-order valence-corrected chi connectivity index (χ1v) is 12.5. The van der Waals surface area contributed by atoms with Gasteiger partial charge in [0, 0.05) is 23.2 Å². The molecule has 7 rings (SSSR count). The Hall–Kier alpha value is -4.03. The van der Waals surface area contributed by atoms with Gasteiger partial charge < -0.3 is 10.4 Å². The zero-order valence-corrected chi connectivity index (χ0v) is 20.3. The first kappa shape index (κ1) is 23.4. The highest BCUT2D eigenvalue weighted by Crippen LogP contribution is 2.47. The van der Waals surface area contributed by atoms with Crippen LogP contribution < -0.4 is 5.32 Å². The van der Waals surface area contributed by atoms with Crippen molar-refractivity contribution in [3.05, 3.63) is 59.0 Å². The van der Waals surface area contributed by atoms with Crippen molar-refractivity contribution in [2.45, 2.75) is 31.7 Å². The van der Waals surface area contributed by atoms with Crippen molar-refractivity contribution >= 4 is 34.4 Å². The number of rotatable bonds is 5. The van der Waals surface area contributed by atoms with Crippen molar-refractivity contribution in [2.75, 3.05) is 5.32 Å². The Morgan fingerprint density at radius 2 is 1.92 bits per heavy atom. The van der Waals surface area contributed by atoms with Crippen LogP contribution in [0.15, 0.2) is 42.6 Å². The molecule has 3 fully saturated rings. The molecule has 3 aliphatic rings. The summed E-state index contributed by atoms with van der Waals surface area (Å²) in [6.45, 7) is 0. The fourth-order valence-electron chi connectivity index (χ4n) is 6.05. The molecule has 10 heteroatoms. The van der Waals surface area contributed by atoms with Gasteiger partial charge in [-0.1, -0.05) is 41.9 Å². The number of halogens is 2. The third-order valence-corrected chi connectivity index (χ3v) is 7.94. The number of aromatic nitrogens is 4. The molecule has 3 heterocycles. The van der Waals surface area contributed by atoms with E-state index in [0.717, 1.165) is 25.7 Å². The summed E-state index contributed by atoms with van der Waals surface area (Å²) in [5.74, 6) is -2.16. The van der Waals surface area contributed by atoms with E-state index in [4.69, 9.17) is 11.6 Å². The molecule has 3 aromatic heterocycles. The normalized spacial score (nSPS) is 22.6. The van der Waals surface area contributed by atoms with E-state index in [0.29, 0.717) is 27.3 Å². The molecule has 186 valence electrons. The van der Waals surface area contributed by atoms with E-state index < -0.39 is 23.7 Å². The molecule has 4 aromatic rings. The minimum atomic E-state index is -0.885. The summed E-state index contributed by atoms with van der Waals surface area (Å²) in [6, 6.07) is 12.1. The Morgan fingerprint density at radius 1 is 1.19 bits per heavy atom. The predicted molar refractivity (Wildman–Crippen MR) is 136 cm³/mol. The monoisotopic (exact) mass is 516 g/mol. The van der Waals surface area contributed by atoms with E-state index in [-0.39, 0.29) is 34.5 Å². The maximum atomic E-state index is 16.2. The summed E-state index contributed by atoms with van der Waals surface area (Å²) < 4.78 is 16.2. The van der Waals surface area contributed by atoms with Crippen molar-refractivity contribution in [2.24, 2.45) is 17.8 Å². The lowest BCUT2D eigenvalue weighted by Gasteiger charge is -2.47. The lowest BCUT2D eigenvalue weighted by Crippen LogP contribution is -2.51. The van der Waals surface area contributed by atoms with Crippen LogP contribution in [0.1, 0.15) is 31.2 Å². The van der Waals surface area contributed by atoms with Crippen molar-refractivity contribution < 1.29 is 14.3 Å². The highest BCUT2D eigenvalue weighted by atomic mass is 35.5. The molecule has 2 atom stereocenters. The molecule has 37 heavy (non-hydrogen) atoms. The molecule has 0 radical (unpaired) electrons. The van der Waals surface area contributed by atoms with E-state index in [2.05, 4.69) is 31.6 Å².